The lowest BCUT2D eigenvalue weighted by Crippen LogP contribution is -2.42. The van der Waals surface area contributed by atoms with E-state index in [9.17, 15) is 4.79 Å². The number of carbonyl (C=O) groups excluding carboxylic acids is 1. The minimum absolute atomic E-state index is 0.00579. The van der Waals surface area contributed by atoms with Gasteiger partial charge in [0.1, 0.15) is 5.78 Å². The molecule has 0 saturated carbocycles. The first-order chi connectivity index (χ1) is 4.61. The number of hydrogen-bond donors (Lipinski definition) is 1. The second kappa shape index (κ2) is 2.68. The van der Waals surface area contributed by atoms with Crippen molar-refractivity contribution in [3.63, 3.8) is 0 Å². The molecule has 3 nitrogen and oxygen atoms in total. The lowest BCUT2D eigenvalue weighted by atomic mass is 9.91. The third kappa shape index (κ3) is 1.36. The summed E-state index contributed by atoms with van der Waals surface area (Å²) < 4.78 is 0. The maximum atomic E-state index is 11.1. The van der Waals surface area contributed by atoms with Crippen molar-refractivity contribution in [1.29, 1.82) is 0 Å². The fourth-order valence-electron chi connectivity index (χ4n) is 1.37. The van der Waals surface area contributed by atoms with Gasteiger partial charge in [0.15, 0.2) is 0 Å². The molecule has 1 fully saturated rings. The fourth-order valence-corrected chi connectivity index (χ4v) is 1.37. The van der Waals surface area contributed by atoms with Crippen molar-refractivity contribution in [3.8, 4) is 0 Å². The van der Waals surface area contributed by atoms with Crippen LogP contribution < -0.4 is 0 Å². The van der Waals surface area contributed by atoms with E-state index in [2.05, 4.69) is 0 Å². The summed E-state index contributed by atoms with van der Waals surface area (Å²) in [6.07, 6.45) is 0. The Kier molecular flexibility index (Phi) is 2.06. The third-order valence-electron chi connectivity index (χ3n) is 1.94. The Morgan fingerprint density at radius 2 is 1.80 bits per heavy atom. The molecular weight excluding hydrogens is 130 g/mol. The number of Topliss-reactive ketones (excluding diaryl/α,β-unsaturated/α-hetero) is 1. The van der Waals surface area contributed by atoms with Crippen LogP contribution in [0.2, 0.25) is 0 Å². The van der Waals surface area contributed by atoms with E-state index < -0.39 is 0 Å². The Bertz CT molecular complexity index is 133. The van der Waals surface area contributed by atoms with Gasteiger partial charge in [-0.3, -0.25) is 4.79 Å². The van der Waals surface area contributed by atoms with E-state index in [0.29, 0.717) is 13.1 Å². The monoisotopic (exact) mass is 143 g/mol. The number of rotatable bonds is 0. The molecule has 2 unspecified atom stereocenters. The zero-order chi connectivity index (χ0) is 7.72. The average Bonchev–Trinajstić information content (AvgIpc) is 1.82. The summed E-state index contributed by atoms with van der Waals surface area (Å²) >= 11 is 0. The summed E-state index contributed by atoms with van der Waals surface area (Å²) in [5, 5.41) is 10.3. The minimum atomic E-state index is -0.00579. The molecule has 3 heteroatoms. The highest BCUT2D eigenvalue weighted by molar-refractivity contribution is 5.83. The summed E-state index contributed by atoms with van der Waals surface area (Å²) in [6, 6.07) is 0. The molecule has 0 aromatic heterocycles. The standard InChI is InChI=1S/C7H13NO2/c1-5-3-8(10)4-6(2)7(5)9/h5-6,10H,3-4H2,1-2H3. The second-order valence-corrected chi connectivity index (χ2v) is 3.08. The Hall–Kier alpha value is -0.410. The van der Waals surface area contributed by atoms with Crippen molar-refractivity contribution in [3.05, 3.63) is 0 Å². The van der Waals surface area contributed by atoms with Gasteiger partial charge in [-0.05, 0) is 0 Å². The molecule has 2 atom stereocenters. The zero-order valence-electron chi connectivity index (χ0n) is 6.37. The molecule has 1 aliphatic rings. The van der Waals surface area contributed by atoms with Crippen molar-refractivity contribution in [1.82, 2.24) is 5.06 Å². The van der Waals surface area contributed by atoms with Gasteiger partial charge < -0.3 is 5.21 Å². The van der Waals surface area contributed by atoms with Gasteiger partial charge in [0.25, 0.3) is 0 Å². The molecule has 0 radical (unpaired) electrons. The van der Waals surface area contributed by atoms with Crippen molar-refractivity contribution < 1.29 is 10.0 Å². The van der Waals surface area contributed by atoms with Crippen LogP contribution in [0.4, 0.5) is 0 Å². The predicted octanol–water partition coefficient (Wildman–Crippen LogP) is 0.532. The Morgan fingerprint density at radius 1 is 1.40 bits per heavy atom. The lowest BCUT2D eigenvalue weighted by Gasteiger charge is -2.28. The summed E-state index contributed by atoms with van der Waals surface area (Å²) in [4.78, 5) is 11.1. The Balaban J connectivity index is 2.57. The van der Waals surface area contributed by atoms with Gasteiger partial charge in [0.2, 0.25) is 0 Å². The van der Waals surface area contributed by atoms with Gasteiger partial charge in [-0.15, -0.1) is 0 Å². The smallest absolute Gasteiger partial charge is 0.141 e. The van der Waals surface area contributed by atoms with Crippen LogP contribution in [0.5, 0.6) is 0 Å². The van der Waals surface area contributed by atoms with Gasteiger partial charge >= 0.3 is 0 Å². The summed E-state index contributed by atoms with van der Waals surface area (Å²) in [6.45, 7) is 4.68. The molecule has 1 N–H and O–H groups in total. The molecule has 10 heavy (non-hydrogen) atoms. The molecule has 0 amide bonds. The Morgan fingerprint density at radius 3 is 2.20 bits per heavy atom. The molecule has 1 heterocycles. The number of ketones is 1. The van der Waals surface area contributed by atoms with Crippen LogP contribution in [0.25, 0.3) is 0 Å². The SMILES string of the molecule is CC1CN(O)CC(C)C1=O. The molecule has 0 spiro atoms. The van der Waals surface area contributed by atoms with Crippen LogP contribution in [0.15, 0.2) is 0 Å². The van der Waals surface area contributed by atoms with Crippen LogP contribution in [-0.4, -0.2) is 29.1 Å². The van der Waals surface area contributed by atoms with E-state index >= 15 is 0 Å². The zero-order valence-corrected chi connectivity index (χ0v) is 6.37. The first-order valence-electron chi connectivity index (χ1n) is 3.59. The second-order valence-electron chi connectivity index (χ2n) is 3.08. The summed E-state index contributed by atoms with van der Waals surface area (Å²) in [5.74, 6) is 0.257. The number of hydrogen-bond acceptors (Lipinski definition) is 3. The quantitative estimate of drug-likeness (QED) is 0.538. The Labute approximate surface area is 60.6 Å². The average molecular weight is 143 g/mol. The first-order valence-corrected chi connectivity index (χ1v) is 3.59. The van der Waals surface area contributed by atoms with Gasteiger partial charge in [0.05, 0.1) is 0 Å². The van der Waals surface area contributed by atoms with Crippen LogP contribution in [0, 0.1) is 11.8 Å². The van der Waals surface area contributed by atoms with E-state index in [-0.39, 0.29) is 17.6 Å². The normalized spacial score (nSPS) is 36.5. The molecular formula is C7H13NO2. The van der Waals surface area contributed by atoms with Crippen molar-refractivity contribution in [2.24, 2.45) is 11.8 Å². The van der Waals surface area contributed by atoms with Crippen LogP contribution in [0.1, 0.15) is 13.8 Å². The molecule has 0 aromatic carbocycles. The number of hydroxylamine groups is 2. The topological polar surface area (TPSA) is 40.5 Å². The molecule has 0 bridgehead atoms. The third-order valence-corrected chi connectivity index (χ3v) is 1.94. The molecule has 0 aromatic rings. The molecule has 0 aliphatic carbocycles. The van der Waals surface area contributed by atoms with Crippen LogP contribution in [0.3, 0.4) is 0 Å². The lowest BCUT2D eigenvalue weighted by molar-refractivity contribution is -0.155. The van der Waals surface area contributed by atoms with E-state index in [1.807, 2.05) is 13.8 Å². The van der Waals surface area contributed by atoms with Crippen LogP contribution >= 0.6 is 0 Å². The summed E-state index contributed by atoms with van der Waals surface area (Å²) in [5.41, 5.74) is 0. The van der Waals surface area contributed by atoms with Crippen molar-refractivity contribution in [2.75, 3.05) is 13.1 Å². The molecule has 1 rings (SSSR count). The minimum Gasteiger partial charge on any atom is -0.314 e. The number of nitrogens with zero attached hydrogens (tertiary/aromatic N) is 1. The number of piperidine rings is 1. The van der Waals surface area contributed by atoms with E-state index in [4.69, 9.17) is 5.21 Å². The van der Waals surface area contributed by atoms with Gasteiger partial charge in [-0.2, -0.15) is 5.06 Å². The van der Waals surface area contributed by atoms with Gasteiger partial charge in [-0.25, -0.2) is 0 Å². The molecule has 1 aliphatic heterocycles. The highest BCUT2D eigenvalue weighted by Crippen LogP contribution is 2.15. The largest absolute Gasteiger partial charge is 0.314 e. The first kappa shape index (κ1) is 7.69. The van der Waals surface area contributed by atoms with Crippen molar-refractivity contribution in [2.45, 2.75) is 13.8 Å². The number of carbonyl (C=O) groups is 1. The predicted molar refractivity (Wildman–Crippen MR) is 36.7 cm³/mol. The van der Waals surface area contributed by atoms with Crippen LogP contribution in [-0.2, 0) is 4.79 Å². The summed E-state index contributed by atoms with van der Waals surface area (Å²) in [7, 11) is 0. The highest BCUT2D eigenvalue weighted by Gasteiger charge is 2.28. The van der Waals surface area contributed by atoms with Crippen molar-refractivity contribution >= 4 is 5.78 Å². The molecule has 58 valence electrons. The van der Waals surface area contributed by atoms with Gasteiger partial charge in [-0.1, -0.05) is 13.8 Å². The van der Waals surface area contributed by atoms with E-state index in [1.165, 1.54) is 5.06 Å². The fraction of sp³-hybridized carbons (Fsp3) is 0.857. The maximum Gasteiger partial charge on any atom is 0.141 e. The molecule has 1 saturated heterocycles. The highest BCUT2D eigenvalue weighted by atomic mass is 16.5. The van der Waals surface area contributed by atoms with E-state index in [1.54, 1.807) is 0 Å². The van der Waals surface area contributed by atoms with E-state index in [0.717, 1.165) is 0 Å². The maximum absolute atomic E-state index is 11.1. The van der Waals surface area contributed by atoms with Gasteiger partial charge in [0, 0.05) is 24.9 Å².